The maximum Gasteiger partial charge on any atom is 0.287 e. The number of amides is 2. The second-order valence-corrected chi connectivity index (χ2v) is 9.49. The second-order valence-electron chi connectivity index (χ2n) is 9.49. The lowest BCUT2D eigenvalue weighted by Gasteiger charge is -2.33. The molecular formula is C25H32N4O3. The van der Waals surface area contributed by atoms with E-state index in [1.54, 1.807) is 6.07 Å². The van der Waals surface area contributed by atoms with E-state index in [0.29, 0.717) is 12.0 Å². The van der Waals surface area contributed by atoms with Gasteiger partial charge in [-0.25, -0.2) is 0 Å². The van der Waals surface area contributed by atoms with Gasteiger partial charge >= 0.3 is 0 Å². The van der Waals surface area contributed by atoms with Crippen LogP contribution in [-0.4, -0.2) is 61.5 Å². The first-order chi connectivity index (χ1) is 15.3. The Bertz CT molecular complexity index is 1040. The molecule has 170 valence electrons. The fourth-order valence-corrected chi connectivity index (χ4v) is 4.08. The number of benzene rings is 1. The molecule has 0 radical (unpaired) electrons. The molecule has 0 spiro atoms. The van der Waals surface area contributed by atoms with E-state index >= 15 is 0 Å². The van der Waals surface area contributed by atoms with Gasteiger partial charge in [-0.15, -0.1) is 6.42 Å². The van der Waals surface area contributed by atoms with E-state index in [4.69, 9.17) is 10.8 Å². The van der Waals surface area contributed by atoms with Crippen LogP contribution < -0.4 is 15.5 Å². The third kappa shape index (κ3) is 4.91. The highest BCUT2D eigenvalue weighted by Crippen LogP contribution is 2.34. The lowest BCUT2D eigenvalue weighted by Crippen LogP contribution is -2.50. The van der Waals surface area contributed by atoms with Gasteiger partial charge in [-0.05, 0) is 50.4 Å². The highest BCUT2D eigenvalue weighted by molar-refractivity contribution is 5.99. The van der Waals surface area contributed by atoms with Gasteiger partial charge in [0.15, 0.2) is 5.76 Å². The summed E-state index contributed by atoms with van der Waals surface area (Å²) in [6.45, 7) is 7.99. The number of hydrogen-bond donors (Lipinski definition) is 2. The zero-order valence-electron chi connectivity index (χ0n) is 19.1. The molecule has 1 saturated heterocycles. The summed E-state index contributed by atoms with van der Waals surface area (Å²) in [5, 5.41) is 6.64. The molecule has 0 unspecified atom stereocenters. The van der Waals surface area contributed by atoms with Crippen LogP contribution >= 0.6 is 0 Å². The minimum Gasteiger partial charge on any atom is -0.451 e. The summed E-state index contributed by atoms with van der Waals surface area (Å²) in [4.78, 5) is 30.4. The molecular weight excluding hydrogens is 404 g/mol. The first kappa shape index (κ1) is 22.2. The number of terminal acetylenes is 1. The topological polar surface area (TPSA) is 77.8 Å². The van der Waals surface area contributed by atoms with Crippen LogP contribution in [0, 0.1) is 18.3 Å². The zero-order valence-corrected chi connectivity index (χ0v) is 19.1. The minimum absolute atomic E-state index is 0.204. The standard InChI is InChI=1S/C25H32N4O3/c1-5-25(8-9-25)27-23(30)20(14-17(2)3)26-24(31)22-15-18-6-7-19(16-21(18)32-22)29-12-10-28(4)11-13-29/h1,6-7,15-17,20H,8-14H2,2-4H3,(H,26,31)(H,27,30)/t20-/m0/s1. The summed E-state index contributed by atoms with van der Waals surface area (Å²) in [5.74, 6) is 2.46. The van der Waals surface area contributed by atoms with Gasteiger partial charge in [0.05, 0.1) is 0 Å². The summed E-state index contributed by atoms with van der Waals surface area (Å²) < 4.78 is 5.89. The lowest BCUT2D eigenvalue weighted by molar-refractivity contribution is -0.123. The maximum absolute atomic E-state index is 12.9. The molecule has 1 atom stereocenters. The van der Waals surface area contributed by atoms with E-state index in [9.17, 15) is 9.59 Å². The Morgan fingerprint density at radius 2 is 1.91 bits per heavy atom. The number of hydrogen-bond acceptors (Lipinski definition) is 5. The fourth-order valence-electron chi connectivity index (χ4n) is 4.08. The number of carbonyl (C=O) groups is 2. The van der Waals surface area contributed by atoms with E-state index in [2.05, 4.69) is 39.5 Å². The number of rotatable bonds is 7. The van der Waals surface area contributed by atoms with Crippen LogP contribution in [0.25, 0.3) is 11.0 Å². The van der Waals surface area contributed by atoms with Gasteiger partial charge in [0.1, 0.15) is 17.2 Å². The number of nitrogens with one attached hydrogen (secondary N) is 2. The largest absolute Gasteiger partial charge is 0.451 e. The molecule has 1 saturated carbocycles. The van der Waals surface area contributed by atoms with Gasteiger partial charge in [0.2, 0.25) is 5.91 Å². The van der Waals surface area contributed by atoms with Crippen molar-refractivity contribution in [2.45, 2.75) is 44.7 Å². The van der Waals surface area contributed by atoms with Gasteiger partial charge in [-0.3, -0.25) is 9.59 Å². The average Bonchev–Trinajstić information content (AvgIpc) is 3.40. The van der Waals surface area contributed by atoms with Gasteiger partial charge in [-0.1, -0.05) is 19.8 Å². The van der Waals surface area contributed by atoms with Gasteiger partial charge in [0, 0.05) is 43.3 Å². The predicted octanol–water partition coefficient (Wildman–Crippen LogP) is 2.61. The second kappa shape index (κ2) is 8.87. The highest BCUT2D eigenvalue weighted by atomic mass is 16.3. The van der Waals surface area contributed by atoms with Crippen molar-refractivity contribution < 1.29 is 14.0 Å². The molecule has 1 aromatic carbocycles. The minimum atomic E-state index is -0.664. The Morgan fingerprint density at radius 3 is 2.53 bits per heavy atom. The summed E-state index contributed by atoms with van der Waals surface area (Å²) in [7, 11) is 2.13. The van der Waals surface area contributed by atoms with Crippen molar-refractivity contribution in [1.29, 1.82) is 0 Å². The fraction of sp³-hybridized carbons (Fsp3) is 0.520. The van der Waals surface area contributed by atoms with Crippen LogP contribution in [-0.2, 0) is 4.79 Å². The SMILES string of the molecule is C#CC1(NC(=O)[C@H](CC(C)C)NC(=O)c2cc3ccc(N4CCN(C)CC4)cc3o2)CC1. The number of fused-ring (bicyclic) bond motifs is 1. The quantitative estimate of drug-likeness (QED) is 0.653. The predicted molar refractivity (Wildman–Crippen MR) is 126 cm³/mol. The smallest absolute Gasteiger partial charge is 0.287 e. The molecule has 2 N–H and O–H groups in total. The molecule has 1 aliphatic heterocycles. The third-order valence-corrected chi connectivity index (χ3v) is 6.31. The molecule has 2 aliphatic rings. The van der Waals surface area contributed by atoms with Crippen LogP contribution in [0.4, 0.5) is 5.69 Å². The molecule has 2 heterocycles. The van der Waals surface area contributed by atoms with E-state index < -0.39 is 17.5 Å². The number of carbonyl (C=O) groups excluding carboxylic acids is 2. The zero-order chi connectivity index (χ0) is 22.9. The van der Waals surface area contributed by atoms with Crippen LogP contribution in [0.1, 0.15) is 43.7 Å². The van der Waals surface area contributed by atoms with Crippen molar-refractivity contribution in [1.82, 2.24) is 15.5 Å². The van der Waals surface area contributed by atoms with Crippen molar-refractivity contribution in [2.75, 3.05) is 38.1 Å². The van der Waals surface area contributed by atoms with Gasteiger partial charge < -0.3 is 24.9 Å². The number of piperazine rings is 1. The molecule has 2 aromatic rings. The Balaban J connectivity index is 1.47. The molecule has 32 heavy (non-hydrogen) atoms. The summed E-state index contributed by atoms with van der Waals surface area (Å²) in [6, 6.07) is 7.09. The first-order valence-electron chi connectivity index (χ1n) is 11.4. The maximum atomic E-state index is 12.9. The van der Waals surface area contributed by atoms with Crippen molar-refractivity contribution in [3.63, 3.8) is 0 Å². The number of nitrogens with zero attached hydrogens (tertiary/aromatic N) is 2. The molecule has 4 rings (SSSR count). The molecule has 2 fully saturated rings. The Morgan fingerprint density at radius 1 is 1.19 bits per heavy atom. The number of furan rings is 1. The average molecular weight is 437 g/mol. The lowest BCUT2D eigenvalue weighted by atomic mass is 10.0. The molecule has 1 aromatic heterocycles. The number of likely N-dealkylation sites (N-methyl/N-ethyl adjacent to an activating group) is 1. The normalized spacial score (nSPS) is 18.9. The summed E-state index contributed by atoms with van der Waals surface area (Å²) in [6.07, 6.45) is 7.62. The highest BCUT2D eigenvalue weighted by Gasteiger charge is 2.43. The molecule has 1 aliphatic carbocycles. The molecule has 7 nitrogen and oxygen atoms in total. The van der Waals surface area contributed by atoms with Gasteiger partial charge in [0.25, 0.3) is 5.91 Å². The Hall–Kier alpha value is -2.98. The number of anilines is 1. The molecule has 0 bridgehead atoms. The van der Waals surface area contributed by atoms with E-state index in [1.807, 2.05) is 26.0 Å². The van der Waals surface area contributed by atoms with Crippen molar-refractivity contribution in [3.8, 4) is 12.3 Å². The van der Waals surface area contributed by atoms with Crippen LogP contribution in [0.5, 0.6) is 0 Å². The van der Waals surface area contributed by atoms with Gasteiger partial charge in [-0.2, -0.15) is 0 Å². The Kier molecular flexibility index (Phi) is 6.16. The van der Waals surface area contributed by atoms with E-state index in [-0.39, 0.29) is 17.6 Å². The summed E-state index contributed by atoms with van der Waals surface area (Å²) in [5.41, 5.74) is 1.21. The monoisotopic (exact) mass is 436 g/mol. The van der Waals surface area contributed by atoms with Crippen molar-refractivity contribution in [2.24, 2.45) is 5.92 Å². The third-order valence-electron chi connectivity index (χ3n) is 6.31. The Labute approximate surface area is 189 Å². The van der Waals surface area contributed by atoms with Crippen molar-refractivity contribution in [3.05, 3.63) is 30.0 Å². The van der Waals surface area contributed by atoms with Crippen LogP contribution in [0.2, 0.25) is 0 Å². The molecule has 2 amide bonds. The van der Waals surface area contributed by atoms with Crippen molar-refractivity contribution >= 4 is 28.5 Å². The van der Waals surface area contributed by atoms with E-state index in [0.717, 1.165) is 50.1 Å². The summed E-state index contributed by atoms with van der Waals surface area (Å²) >= 11 is 0. The first-order valence-corrected chi connectivity index (χ1v) is 11.4. The molecule has 7 heteroatoms. The van der Waals surface area contributed by atoms with Crippen LogP contribution in [0.3, 0.4) is 0 Å². The van der Waals surface area contributed by atoms with E-state index in [1.165, 1.54) is 0 Å². The van der Waals surface area contributed by atoms with Crippen LogP contribution in [0.15, 0.2) is 28.7 Å².